The third-order valence-electron chi connectivity index (χ3n) is 3.46. The standard InChI is InChI=1S/C17H14ClN3O8/c1-2-28-15-6-3-10(7-14(15)21(26)27)17(23)29-9-16(22)19-12-5-4-11(18)8-13(12)20(24)25/h3-8H,2,9H2,1H3,(H,19,22). The maximum atomic E-state index is 12.1. The van der Waals surface area contributed by atoms with E-state index >= 15 is 0 Å². The van der Waals surface area contributed by atoms with E-state index in [1.165, 1.54) is 24.3 Å². The van der Waals surface area contributed by atoms with E-state index in [1.807, 2.05) is 0 Å². The van der Waals surface area contributed by atoms with Crippen LogP contribution in [0.25, 0.3) is 0 Å². The van der Waals surface area contributed by atoms with Crippen molar-refractivity contribution in [2.24, 2.45) is 0 Å². The predicted octanol–water partition coefficient (Wildman–Crippen LogP) is 3.35. The second kappa shape index (κ2) is 9.46. The first kappa shape index (κ1) is 21.6. The largest absolute Gasteiger partial charge is 0.487 e. The van der Waals surface area contributed by atoms with Crippen LogP contribution in [-0.4, -0.2) is 34.9 Å². The summed E-state index contributed by atoms with van der Waals surface area (Å²) in [5.41, 5.74) is -1.15. The fraction of sp³-hybridized carbons (Fsp3) is 0.176. The fourth-order valence-corrected chi connectivity index (χ4v) is 2.39. The highest BCUT2D eigenvalue weighted by molar-refractivity contribution is 6.31. The quantitative estimate of drug-likeness (QED) is 0.385. The van der Waals surface area contributed by atoms with E-state index in [9.17, 15) is 29.8 Å². The van der Waals surface area contributed by atoms with Crippen LogP contribution in [0.15, 0.2) is 36.4 Å². The van der Waals surface area contributed by atoms with Gasteiger partial charge in [-0.3, -0.25) is 25.0 Å². The first-order chi connectivity index (χ1) is 13.7. The van der Waals surface area contributed by atoms with Crippen molar-refractivity contribution in [3.63, 3.8) is 0 Å². The highest BCUT2D eigenvalue weighted by atomic mass is 35.5. The van der Waals surface area contributed by atoms with Crippen molar-refractivity contribution < 1.29 is 28.9 Å². The predicted molar refractivity (Wildman–Crippen MR) is 101 cm³/mol. The van der Waals surface area contributed by atoms with Gasteiger partial charge in [0.1, 0.15) is 5.69 Å². The minimum atomic E-state index is -0.989. The second-order valence-electron chi connectivity index (χ2n) is 5.42. The van der Waals surface area contributed by atoms with Gasteiger partial charge in [-0.1, -0.05) is 11.6 Å². The van der Waals surface area contributed by atoms with Crippen molar-refractivity contribution in [3.05, 3.63) is 67.2 Å². The van der Waals surface area contributed by atoms with E-state index in [2.05, 4.69) is 5.32 Å². The monoisotopic (exact) mass is 423 g/mol. The highest BCUT2D eigenvalue weighted by Crippen LogP contribution is 2.29. The first-order valence-electron chi connectivity index (χ1n) is 8.05. The van der Waals surface area contributed by atoms with Crippen LogP contribution in [0, 0.1) is 20.2 Å². The van der Waals surface area contributed by atoms with Gasteiger partial charge in [0.05, 0.1) is 22.0 Å². The van der Waals surface area contributed by atoms with Gasteiger partial charge in [-0.15, -0.1) is 0 Å². The van der Waals surface area contributed by atoms with Crippen molar-refractivity contribution in [1.29, 1.82) is 0 Å². The van der Waals surface area contributed by atoms with Crippen LogP contribution in [0.3, 0.4) is 0 Å². The number of nitro benzene ring substituents is 2. The van der Waals surface area contributed by atoms with Crippen LogP contribution in [0.1, 0.15) is 17.3 Å². The van der Waals surface area contributed by atoms with Gasteiger partial charge in [-0.2, -0.15) is 0 Å². The van der Waals surface area contributed by atoms with Crippen LogP contribution in [-0.2, 0) is 9.53 Å². The molecule has 0 aromatic heterocycles. The van der Waals surface area contributed by atoms with Gasteiger partial charge in [0, 0.05) is 17.2 Å². The number of carbonyl (C=O) groups is 2. The van der Waals surface area contributed by atoms with Crippen molar-refractivity contribution >= 4 is 40.5 Å². The van der Waals surface area contributed by atoms with E-state index in [-0.39, 0.29) is 28.6 Å². The molecule has 0 aliphatic carbocycles. The van der Waals surface area contributed by atoms with E-state index in [0.717, 1.165) is 12.1 Å². The molecule has 0 atom stereocenters. The summed E-state index contributed by atoms with van der Waals surface area (Å²) in [4.78, 5) is 44.7. The number of hydrogen-bond donors (Lipinski definition) is 1. The summed E-state index contributed by atoms with van der Waals surface area (Å²) in [7, 11) is 0. The SMILES string of the molecule is CCOc1ccc(C(=O)OCC(=O)Nc2ccc(Cl)cc2[N+](=O)[O-])cc1[N+](=O)[O-]. The first-order valence-corrected chi connectivity index (χ1v) is 8.43. The summed E-state index contributed by atoms with van der Waals surface area (Å²) in [6, 6.07) is 7.10. The molecular weight excluding hydrogens is 410 g/mol. The molecule has 11 nitrogen and oxygen atoms in total. The topological polar surface area (TPSA) is 151 Å². The Kier molecular flexibility index (Phi) is 7.04. The van der Waals surface area contributed by atoms with Gasteiger partial charge in [-0.25, -0.2) is 4.79 Å². The average Bonchev–Trinajstić information content (AvgIpc) is 2.67. The third kappa shape index (κ3) is 5.62. The third-order valence-corrected chi connectivity index (χ3v) is 3.69. The van der Waals surface area contributed by atoms with E-state index < -0.39 is 39.7 Å². The van der Waals surface area contributed by atoms with Crippen LogP contribution < -0.4 is 10.1 Å². The summed E-state index contributed by atoms with van der Waals surface area (Å²) < 4.78 is 9.92. The molecule has 0 heterocycles. The number of benzene rings is 2. The maximum Gasteiger partial charge on any atom is 0.338 e. The van der Waals surface area contributed by atoms with Gasteiger partial charge in [0.2, 0.25) is 0 Å². The lowest BCUT2D eigenvalue weighted by atomic mass is 10.2. The number of halogens is 1. The van der Waals surface area contributed by atoms with Gasteiger partial charge < -0.3 is 14.8 Å². The number of rotatable bonds is 8. The zero-order chi connectivity index (χ0) is 21.6. The molecule has 152 valence electrons. The molecule has 2 aromatic rings. The lowest BCUT2D eigenvalue weighted by Crippen LogP contribution is -2.21. The number of nitro groups is 2. The normalized spacial score (nSPS) is 10.1. The molecule has 0 aliphatic heterocycles. The molecule has 12 heteroatoms. The number of hydrogen-bond acceptors (Lipinski definition) is 8. The molecule has 2 aromatic carbocycles. The Morgan fingerprint density at radius 1 is 1.07 bits per heavy atom. The summed E-state index contributed by atoms with van der Waals surface area (Å²) >= 11 is 5.69. The summed E-state index contributed by atoms with van der Waals surface area (Å²) in [6.07, 6.45) is 0. The van der Waals surface area contributed by atoms with Crippen LogP contribution in [0.2, 0.25) is 5.02 Å². The van der Waals surface area contributed by atoms with Gasteiger partial charge in [0.25, 0.3) is 11.6 Å². The fourth-order valence-electron chi connectivity index (χ4n) is 2.23. The molecule has 29 heavy (non-hydrogen) atoms. The Morgan fingerprint density at radius 3 is 2.38 bits per heavy atom. The Balaban J connectivity index is 2.06. The summed E-state index contributed by atoms with van der Waals surface area (Å²) in [5.74, 6) is -1.84. The summed E-state index contributed by atoms with van der Waals surface area (Å²) in [6.45, 7) is 1.08. The highest BCUT2D eigenvalue weighted by Gasteiger charge is 2.21. The lowest BCUT2D eigenvalue weighted by molar-refractivity contribution is -0.385. The van der Waals surface area contributed by atoms with Gasteiger partial charge in [-0.05, 0) is 31.2 Å². The average molecular weight is 424 g/mol. The smallest absolute Gasteiger partial charge is 0.338 e. The maximum absolute atomic E-state index is 12.1. The zero-order valence-electron chi connectivity index (χ0n) is 14.9. The molecule has 0 unspecified atom stereocenters. The molecule has 0 saturated carbocycles. The van der Waals surface area contributed by atoms with E-state index in [1.54, 1.807) is 6.92 Å². The Labute approximate surface area is 168 Å². The Hall–Kier alpha value is -3.73. The number of carbonyl (C=O) groups excluding carboxylic acids is 2. The van der Waals surface area contributed by atoms with Crippen molar-refractivity contribution in [3.8, 4) is 5.75 Å². The molecule has 0 saturated heterocycles. The van der Waals surface area contributed by atoms with Crippen LogP contribution in [0.4, 0.5) is 17.1 Å². The lowest BCUT2D eigenvalue weighted by Gasteiger charge is -2.08. The second-order valence-corrected chi connectivity index (χ2v) is 5.85. The van der Waals surface area contributed by atoms with E-state index in [4.69, 9.17) is 21.1 Å². The van der Waals surface area contributed by atoms with Crippen molar-refractivity contribution in [1.82, 2.24) is 0 Å². The number of amides is 1. The number of ether oxygens (including phenoxy) is 2. The Bertz CT molecular complexity index is 979. The molecule has 2 rings (SSSR count). The molecule has 0 aliphatic rings. The molecule has 1 N–H and O–H groups in total. The number of anilines is 1. The number of nitrogens with zero attached hydrogens (tertiary/aromatic N) is 2. The molecule has 1 amide bonds. The molecule has 0 bridgehead atoms. The number of esters is 1. The molecule has 0 spiro atoms. The van der Waals surface area contributed by atoms with Crippen molar-refractivity contribution in [2.75, 3.05) is 18.5 Å². The minimum Gasteiger partial charge on any atom is -0.487 e. The van der Waals surface area contributed by atoms with E-state index in [0.29, 0.717) is 0 Å². The van der Waals surface area contributed by atoms with Crippen LogP contribution >= 0.6 is 11.6 Å². The minimum absolute atomic E-state index is 0.0122. The van der Waals surface area contributed by atoms with Gasteiger partial charge >= 0.3 is 11.7 Å². The molecular formula is C17H14ClN3O8. The Morgan fingerprint density at radius 2 is 1.76 bits per heavy atom. The molecule has 0 fully saturated rings. The van der Waals surface area contributed by atoms with Crippen molar-refractivity contribution in [2.45, 2.75) is 6.92 Å². The van der Waals surface area contributed by atoms with Gasteiger partial charge in [0.15, 0.2) is 12.4 Å². The number of nitrogens with one attached hydrogen (secondary N) is 1. The summed E-state index contributed by atoms with van der Waals surface area (Å²) in [5, 5.41) is 24.5. The molecule has 0 radical (unpaired) electrons. The zero-order valence-corrected chi connectivity index (χ0v) is 15.7. The van der Waals surface area contributed by atoms with Crippen LogP contribution in [0.5, 0.6) is 5.75 Å².